The van der Waals surface area contributed by atoms with E-state index in [4.69, 9.17) is 9.84 Å². The normalized spacial score (nSPS) is 11.5. The van der Waals surface area contributed by atoms with Crippen molar-refractivity contribution < 1.29 is 14.6 Å². The molecule has 0 spiro atoms. The van der Waals surface area contributed by atoms with Crippen LogP contribution in [0, 0.1) is 0 Å². The molecule has 0 aliphatic heterocycles. The highest BCUT2D eigenvalue weighted by molar-refractivity contribution is 5.91. The van der Waals surface area contributed by atoms with Crippen molar-refractivity contribution in [3.05, 3.63) is 72.8 Å². The van der Waals surface area contributed by atoms with E-state index in [1.54, 1.807) is 30.3 Å². The molecule has 0 saturated carbocycles. The summed E-state index contributed by atoms with van der Waals surface area (Å²) in [6, 6.07) is 16.9. The Labute approximate surface area is 136 Å². The second kappa shape index (κ2) is 8.76. The number of allylic oxidation sites excluding steroid dienone is 1. The standard InChI is InChI=1S/C19H21NO3/c1-2-15(16-6-4-3-5-7-16)14-19(22)20-17-8-10-18(11-9-17)23-13-12-21/h2-11,15,21H,1,12-14H2,(H,20,22). The molecule has 0 saturated heterocycles. The zero-order valence-corrected chi connectivity index (χ0v) is 12.9. The second-order valence-corrected chi connectivity index (χ2v) is 5.10. The van der Waals surface area contributed by atoms with Crippen LogP contribution in [0.25, 0.3) is 0 Å². The first-order valence-corrected chi connectivity index (χ1v) is 7.54. The van der Waals surface area contributed by atoms with Crippen LogP contribution in [0.5, 0.6) is 5.75 Å². The van der Waals surface area contributed by atoms with E-state index in [-0.39, 0.29) is 25.0 Å². The van der Waals surface area contributed by atoms with Gasteiger partial charge in [-0.2, -0.15) is 0 Å². The monoisotopic (exact) mass is 311 g/mol. The number of aliphatic hydroxyl groups is 1. The van der Waals surface area contributed by atoms with E-state index in [1.807, 2.05) is 30.3 Å². The number of benzene rings is 2. The van der Waals surface area contributed by atoms with Gasteiger partial charge >= 0.3 is 0 Å². The van der Waals surface area contributed by atoms with Gasteiger partial charge < -0.3 is 15.2 Å². The summed E-state index contributed by atoms with van der Waals surface area (Å²) in [6.07, 6.45) is 2.14. The van der Waals surface area contributed by atoms with Crippen LogP contribution in [0.4, 0.5) is 5.69 Å². The summed E-state index contributed by atoms with van der Waals surface area (Å²) in [5.74, 6) is 0.580. The maximum atomic E-state index is 12.2. The van der Waals surface area contributed by atoms with Crippen LogP contribution in [0.15, 0.2) is 67.3 Å². The molecule has 4 nitrogen and oxygen atoms in total. The fourth-order valence-electron chi connectivity index (χ4n) is 2.25. The quantitative estimate of drug-likeness (QED) is 0.735. The third kappa shape index (κ3) is 5.27. The second-order valence-electron chi connectivity index (χ2n) is 5.10. The lowest BCUT2D eigenvalue weighted by Gasteiger charge is -2.13. The molecular weight excluding hydrogens is 290 g/mol. The predicted molar refractivity (Wildman–Crippen MR) is 91.6 cm³/mol. The van der Waals surface area contributed by atoms with Crippen molar-refractivity contribution in [2.75, 3.05) is 18.5 Å². The molecule has 2 aromatic rings. The SMILES string of the molecule is C=CC(CC(=O)Nc1ccc(OCCO)cc1)c1ccccc1. The Morgan fingerprint density at radius 3 is 2.48 bits per heavy atom. The molecule has 2 rings (SSSR count). The van der Waals surface area contributed by atoms with Crippen molar-refractivity contribution in [2.24, 2.45) is 0 Å². The average molecular weight is 311 g/mol. The Balaban J connectivity index is 1.92. The molecule has 1 unspecified atom stereocenters. The van der Waals surface area contributed by atoms with Gasteiger partial charge in [-0.1, -0.05) is 36.4 Å². The number of carbonyl (C=O) groups is 1. The minimum atomic E-state index is -0.0669. The van der Waals surface area contributed by atoms with Crippen LogP contribution in [-0.2, 0) is 4.79 Å². The zero-order chi connectivity index (χ0) is 16.5. The number of hydrogen-bond donors (Lipinski definition) is 2. The summed E-state index contributed by atoms with van der Waals surface area (Å²) in [5, 5.41) is 11.6. The number of carbonyl (C=O) groups excluding carboxylic acids is 1. The molecule has 0 aromatic heterocycles. The molecular formula is C19H21NO3. The van der Waals surface area contributed by atoms with Crippen LogP contribution < -0.4 is 10.1 Å². The van der Waals surface area contributed by atoms with Crippen molar-refractivity contribution in [1.29, 1.82) is 0 Å². The molecule has 2 N–H and O–H groups in total. The molecule has 0 aliphatic rings. The lowest BCUT2D eigenvalue weighted by Crippen LogP contribution is -2.14. The van der Waals surface area contributed by atoms with Gasteiger partial charge in [-0.25, -0.2) is 0 Å². The first-order chi connectivity index (χ1) is 11.2. The lowest BCUT2D eigenvalue weighted by atomic mass is 9.95. The number of anilines is 1. The smallest absolute Gasteiger partial charge is 0.225 e. The van der Waals surface area contributed by atoms with Crippen molar-refractivity contribution in [3.63, 3.8) is 0 Å². The number of amides is 1. The summed E-state index contributed by atoms with van der Waals surface area (Å²) in [7, 11) is 0. The molecule has 1 amide bonds. The van der Waals surface area contributed by atoms with Gasteiger partial charge in [0.15, 0.2) is 0 Å². The lowest BCUT2D eigenvalue weighted by molar-refractivity contribution is -0.116. The maximum absolute atomic E-state index is 12.2. The Morgan fingerprint density at radius 2 is 1.87 bits per heavy atom. The number of ether oxygens (including phenoxy) is 1. The molecule has 0 radical (unpaired) electrons. The predicted octanol–water partition coefficient (Wildman–Crippen LogP) is 3.36. The molecule has 120 valence electrons. The van der Waals surface area contributed by atoms with Crippen molar-refractivity contribution >= 4 is 11.6 Å². The molecule has 0 heterocycles. The zero-order valence-electron chi connectivity index (χ0n) is 12.9. The summed E-state index contributed by atoms with van der Waals surface area (Å²) in [4.78, 5) is 12.2. The van der Waals surface area contributed by atoms with Gasteiger partial charge in [0.1, 0.15) is 12.4 Å². The van der Waals surface area contributed by atoms with Gasteiger partial charge in [0, 0.05) is 18.0 Å². The minimum Gasteiger partial charge on any atom is -0.491 e. The van der Waals surface area contributed by atoms with Gasteiger partial charge in [0.25, 0.3) is 0 Å². The van der Waals surface area contributed by atoms with Crippen LogP contribution in [0.3, 0.4) is 0 Å². The molecule has 0 aliphatic carbocycles. The third-order valence-electron chi connectivity index (χ3n) is 3.42. The highest BCUT2D eigenvalue weighted by Gasteiger charge is 2.12. The summed E-state index contributed by atoms with van der Waals surface area (Å²) >= 11 is 0. The largest absolute Gasteiger partial charge is 0.491 e. The van der Waals surface area contributed by atoms with Gasteiger partial charge in [-0.3, -0.25) is 4.79 Å². The molecule has 0 bridgehead atoms. The maximum Gasteiger partial charge on any atom is 0.225 e. The van der Waals surface area contributed by atoms with Crippen molar-refractivity contribution in [3.8, 4) is 5.75 Å². The fourth-order valence-corrected chi connectivity index (χ4v) is 2.25. The van der Waals surface area contributed by atoms with E-state index in [9.17, 15) is 4.79 Å². The number of rotatable bonds is 8. The average Bonchev–Trinajstić information content (AvgIpc) is 2.60. The molecule has 0 fully saturated rings. The topological polar surface area (TPSA) is 58.6 Å². The molecule has 4 heteroatoms. The number of nitrogens with one attached hydrogen (secondary N) is 1. The molecule has 2 aromatic carbocycles. The van der Waals surface area contributed by atoms with E-state index < -0.39 is 0 Å². The van der Waals surface area contributed by atoms with E-state index in [0.29, 0.717) is 17.9 Å². The van der Waals surface area contributed by atoms with Gasteiger partial charge in [-0.15, -0.1) is 6.58 Å². The van der Waals surface area contributed by atoms with E-state index in [1.165, 1.54) is 0 Å². The Kier molecular flexibility index (Phi) is 6.39. The van der Waals surface area contributed by atoms with E-state index in [0.717, 1.165) is 5.56 Å². The minimum absolute atomic E-state index is 0.0108. The summed E-state index contributed by atoms with van der Waals surface area (Å²) in [5.41, 5.74) is 1.78. The number of aliphatic hydroxyl groups excluding tert-OH is 1. The van der Waals surface area contributed by atoms with Crippen molar-refractivity contribution in [1.82, 2.24) is 0 Å². The van der Waals surface area contributed by atoms with Crippen LogP contribution in [0.1, 0.15) is 17.9 Å². The van der Waals surface area contributed by atoms with Gasteiger partial charge in [-0.05, 0) is 29.8 Å². The highest BCUT2D eigenvalue weighted by atomic mass is 16.5. The van der Waals surface area contributed by atoms with E-state index in [2.05, 4.69) is 11.9 Å². The highest BCUT2D eigenvalue weighted by Crippen LogP contribution is 2.22. The van der Waals surface area contributed by atoms with Crippen LogP contribution >= 0.6 is 0 Å². The first-order valence-electron chi connectivity index (χ1n) is 7.54. The van der Waals surface area contributed by atoms with Crippen LogP contribution in [0.2, 0.25) is 0 Å². The first kappa shape index (κ1) is 16.8. The third-order valence-corrected chi connectivity index (χ3v) is 3.42. The summed E-state index contributed by atoms with van der Waals surface area (Å²) in [6.45, 7) is 4.05. The molecule has 23 heavy (non-hydrogen) atoms. The van der Waals surface area contributed by atoms with Gasteiger partial charge in [0.05, 0.1) is 6.61 Å². The summed E-state index contributed by atoms with van der Waals surface area (Å²) < 4.78 is 5.28. The molecule has 1 atom stereocenters. The van der Waals surface area contributed by atoms with E-state index >= 15 is 0 Å². The van der Waals surface area contributed by atoms with Gasteiger partial charge in [0.2, 0.25) is 5.91 Å². The number of hydrogen-bond acceptors (Lipinski definition) is 3. The Morgan fingerprint density at radius 1 is 1.17 bits per heavy atom. The Bertz CT molecular complexity index is 623. The fraction of sp³-hybridized carbons (Fsp3) is 0.211. The van der Waals surface area contributed by atoms with Crippen molar-refractivity contribution in [2.45, 2.75) is 12.3 Å². The Hall–Kier alpha value is -2.59. The van der Waals surface area contributed by atoms with Crippen LogP contribution in [-0.4, -0.2) is 24.2 Å².